The highest BCUT2D eigenvalue weighted by Gasteiger charge is 2.17. The molecule has 0 nitrogen and oxygen atoms in total. The fraction of sp³-hybridized carbons (Fsp3) is 0.0222. The van der Waals surface area contributed by atoms with Crippen LogP contribution in [0.2, 0.25) is 0 Å². The molecule has 0 heteroatoms. The van der Waals surface area contributed by atoms with Crippen LogP contribution in [-0.4, -0.2) is 0 Å². The standard InChI is InChI=1S/C45H32/c1-31-16-18-37(19-17-31)45-41-15-9-8-14-40(41)44(38-26-24-35(25-27-38)33-12-6-3-7-13-33)42-29-28-39(30-43(42)45)36-22-20-34(21-23-36)32-10-4-2-5-11-32/h2-30H,1H3. The Morgan fingerprint density at radius 3 is 1.09 bits per heavy atom. The lowest BCUT2D eigenvalue weighted by atomic mass is 9.84. The Morgan fingerprint density at radius 1 is 0.244 bits per heavy atom. The molecule has 0 fully saturated rings. The van der Waals surface area contributed by atoms with Gasteiger partial charge >= 0.3 is 0 Å². The van der Waals surface area contributed by atoms with Gasteiger partial charge in [-0.2, -0.15) is 0 Å². The predicted octanol–water partition coefficient (Wildman–Crippen LogP) is 12.6. The molecular formula is C45H32. The Bertz CT molecular complexity index is 2260. The smallest absolute Gasteiger partial charge is 0.00262 e. The first kappa shape index (κ1) is 26.9. The van der Waals surface area contributed by atoms with Crippen molar-refractivity contribution in [3.05, 3.63) is 181 Å². The number of rotatable bonds is 5. The quantitative estimate of drug-likeness (QED) is 0.180. The van der Waals surface area contributed by atoms with E-state index < -0.39 is 0 Å². The van der Waals surface area contributed by atoms with E-state index in [0.717, 1.165) is 0 Å². The highest BCUT2D eigenvalue weighted by Crippen LogP contribution is 2.45. The molecule has 0 aliphatic carbocycles. The molecule has 0 N–H and O–H groups in total. The molecule has 8 aromatic rings. The number of fused-ring (bicyclic) bond motifs is 2. The summed E-state index contributed by atoms with van der Waals surface area (Å²) in [5.74, 6) is 0. The second kappa shape index (κ2) is 11.4. The van der Waals surface area contributed by atoms with Gasteiger partial charge in [-0.1, -0.05) is 175 Å². The van der Waals surface area contributed by atoms with Crippen molar-refractivity contribution in [2.24, 2.45) is 0 Å². The van der Waals surface area contributed by atoms with E-state index in [4.69, 9.17) is 0 Å². The van der Waals surface area contributed by atoms with Crippen LogP contribution in [0.25, 0.3) is 77.2 Å². The lowest BCUT2D eigenvalue weighted by Gasteiger charge is -2.19. The molecule has 8 aromatic carbocycles. The lowest BCUT2D eigenvalue weighted by molar-refractivity contribution is 1.47. The van der Waals surface area contributed by atoms with Gasteiger partial charge in [0.1, 0.15) is 0 Å². The topological polar surface area (TPSA) is 0 Å². The second-order valence-electron chi connectivity index (χ2n) is 11.8. The number of aryl methyl sites for hydroxylation is 1. The maximum Gasteiger partial charge on any atom is -0.00262 e. The van der Waals surface area contributed by atoms with Gasteiger partial charge in [0.15, 0.2) is 0 Å². The van der Waals surface area contributed by atoms with Gasteiger partial charge in [-0.25, -0.2) is 0 Å². The largest absolute Gasteiger partial charge is 0.0622 e. The normalized spacial score (nSPS) is 11.2. The molecule has 0 aromatic heterocycles. The van der Waals surface area contributed by atoms with Crippen LogP contribution in [0.1, 0.15) is 5.56 Å². The Labute approximate surface area is 264 Å². The number of hydrogen-bond donors (Lipinski definition) is 0. The summed E-state index contributed by atoms with van der Waals surface area (Å²) in [7, 11) is 0. The fourth-order valence-corrected chi connectivity index (χ4v) is 6.65. The van der Waals surface area contributed by atoms with Crippen LogP contribution in [-0.2, 0) is 0 Å². The zero-order valence-electron chi connectivity index (χ0n) is 25.2. The molecule has 0 amide bonds. The van der Waals surface area contributed by atoms with Crippen molar-refractivity contribution in [3.8, 4) is 55.6 Å². The molecule has 0 radical (unpaired) electrons. The van der Waals surface area contributed by atoms with Crippen LogP contribution >= 0.6 is 0 Å². The zero-order valence-corrected chi connectivity index (χ0v) is 25.2. The highest BCUT2D eigenvalue weighted by molar-refractivity contribution is 6.22. The Morgan fingerprint density at radius 2 is 0.578 bits per heavy atom. The summed E-state index contributed by atoms with van der Waals surface area (Å²) in [6.07, 6.45) is 0. The maximum atomic E-state index is 2.40. The van der Waals surface area contributed by atoms with Crippen LogP contribution in [0.5, 0.6) is 0 Å². The SMILES string of the molecule is Cc1ccc(-c2c3ccccc3c(-c3ccc(-c4ccccc4)cc3)c3ccc(-c4ccc(-c5ccccc5)cc4)cc23)cc1. The predicted molar refractivity (Wildman–Crippen MR) is 193 cm³/mol. The Balaban J connectivity index is 1.35. The van der Waals surface area contributed by atoms with Crippen molar-refractivity contribution in [1.82, 2.24) is 0 Å². The van der Waals surface area contributed by atoms with Crippen molar-refractivity contribution in [2.45, 2.75) is 6.92 Å². The van der Waals surface area contributed by atoms with Gasteiger partial charge in [-0.05, 0) is 90.2 Å². The minimum atomic E-state index is 1.22. The van der Waals surface area contributed by atoms with Crippen LogP contribution in [0, 0.1) is 6.92 Å². The molecular weight excluding hydrogens is 540 g/mol. The van der Waals surface area contributed by atoms with Crippen molar-refractivity contribution < 1.29 is 0 Å². The van der Waals surface area contributed by atoms with E-state index in [0.29, 0.717) is 0 Å². The summed E-state index contributed by atoms with van der Waals surface area (Å²) in [6, 6.07) is 64.1. The molecule has 45 heavy (non-hydrogen) atoms. The second-order valence-corrected chi connectivity index (χ2v) is 11.8. The average Bonchev–Trinajstić information content (AvgIpc) is 3.12. The Kier molecular flexibility index (Phi) is 6.81. The molecule has 0 spiro atoms. The van der Waals surface area contributed by atoms with Gasteiger partial charge in [0.05, 0.1) is 0 Å². The van der Waals surface area contributed by atoms with Crippen LogP contribution < -0.4 is 0 Å². The minimum absolute atomic E-state index is 1.22. The summed E-state index contributed by atoms with van der Waals surface area (Å²) >= 11 is 0. The average molecular weight is 573 g/mol. The van der Waals surface area contributed by atoms with Crippen molar-refractivity contribution >= 4 is 21.5 Å². The van der Waals surface area contributed by atoms with Crippen LogP contribution in [0.3, 0.4) is 0 Å². The molecule has 8 rings (SSSR count). The first-order chi connectivity index (χ1) is 22.2. The van der Waals surface area contributed by atoms with E-state index in [1.807, 2.05) is 0 Å². The van der Waals surface area contributed by atoms with Gasteiger partial charge in [-0.3, -0.25) is 0 Å². The third-order valence-corrected chi connectivity index (χ3v) is 8.97. The van der Waals surface area contributed by atoms with Crippen molar-refractivity contribution in [1.29, 1.82) is 0 Å². The van der Waals surface area contributed by atoms with E-state index in [1.165, 1.54) is 82.7 Å². The first-order valence-electron chi connectivity index (χ1n) is 15.6. The summed E-state index contributed by atoms with van der Waals surface area (Å²) in [5, 5.41) is 5.08. The maximum absolute atomic E-state index is 2.40. The van der Waals surface area contributed by atoms with Crippen molar-refractivity contribution in [2.75, 3.05) is 0 Å². The number of benzene rings is 8. The van der Waals surface area contributed by atoms with Gasteiger partial charge in [0, 0.05) is 0 Å². The highest BCUT2D eigenvalue weighted by atomic mass is 14.2. The fourth-order valence-electron chi connectivity index (χ4n) is 6.65. The minimum Gasteiger partial charge on any atom is -0.0622 e. The Hall–Kier alpha value is -5.72. The number of hydrogen-bond acceptors (Lipinski definition) is 0. The van der Waals surface area contributed by atoms with Crippen LogP contribution in [0.4, 0.5) is 0 Å². The molecule has 0 bridgehead atoms. The van der Waals surface area contributed by atoms with Gasteiger partial charge in [0.25, 0.3) is 0 Å². The molecule has 0 atom stereocenters. The van der Waals surface area contributed by atoms with E-state index >= 15 is 0 Å². The van der Waals surface area contributed by atoms with Gasteiger partial charge in [0.2, 0.25) is 0 Å². The third-order valence-electron chi connectivity index (χ3n) is 8.97. The van der Waals surface area contributed by atoms with Crippen molar-refractivity contribution in [3.63, 3.8) is 0 Å². The zero-order chi connectivity index (χ0) is 30.2. The summed E-state index contributed by atoms with van der Waals surface area (Å²) in [4.78, 5) is 0. The van der Waals surface area contributed by atoms with E-state index in [-0.39, 0.29) is 0 Å². The summed E-state index contributed by atoms with van der Waals surface area (Å²) in [5.41, 5.74) is 13.7. The molecule has 0 heterocycles. The molecule has 0 unspecified atom stereocenters. The molecule has 0 saturated carbocycles. The van der Waals surface area contributed by atoms with E-state index in [1.54, 1.807) is 0 Å². The third kappa shape index (κ3) is 5.01. The van der Waals surface area contributed by atoms with E-state index in [9.17, 15) is 0 Å². The summed E-state index contributed by atoms with van der Waals surface area (Å²) < 4.78 is 0. The molecule has 0 saturated heterocycles. The summed E-state index contributed by atoms with van der Waals surface area (Å²) in [6.45, 7) is 2.15. The molecule has 0 aliphatic rings. The molecule has 212 valence electrons. The van der Waals surface area contributed by atoms with Gasteiger partial charge < -0.3 is 0 Å². The van der Waals surface area contributed by atoms with Gasteiger partial charge in [-0.15, -0.1) is 0 Å². The lowest BCUT2D eigenvalue weighted by Crippen LogP contribution is -1.92. The molecule has 0 aliphatic heterocycles. The first-order valence-corrected chi connectivity index (χ1v) is 15.6. The van der Waals surface area contributed by atoms with Crippen LogP contribution in [0.15, 0.2) is 176 Å². The van der Waals surface area contributed by atoms with E-state index in [2.05, 4.69) is 183 Å². The monoisotopic (exact) mass is 572 g/mol.